The first-order valence-electron chi connectivity index (χ1n) is 3.58. The SMILES string of the molecule is CCC/C=C/C(C)CO. The lowest BCUT2D eigenvalue weighted by Crippen LogP contribution is -1.94. The van der Waals surface area contributed by atoms with Crippen LogP contribution < -0.4 is 0 Å². The summed E-state index contributed by atoms with van der Waals surface area (Å²) in [5.74, 6) is 0.330. The van der Waals surface area contributed by atoms with Crippen molar-refractivity contribution in [2.75, 3.05) is 6.61 Å². The molecule has 0 saturated carbocycles. The molecular weight excluding hydrogens is 112 g/mol. The predicted molar refractivity (Wildman–Crippen MR) is 40.3 cm³/mol. The molecule has 0 aromatic rings. The minimum atomic E-state index is 0.264. The summed E-state index contributed by atoms with van der Waals surface area (Å²) in [4.78, 5) is 0. The van der Waals surface area contributed by atoms with Gasteiger partial charge in [0.05, 0.1) is 0 Å². The molecule has 0 rings (SSSR count). The first kappa shape index (κ1) is 8.70. The lowest BCUT2D eigenvalue weighted by atomic mass is 10.1. The zero-order valence-corrected chi connectivity index (χ0v) is 6.30. The summed E-state index contributed by atoms with van der Waals surface area (Å²) in [6, 6.07) is 0. The molecule has 0 amide bonds. The normalized spacial score (nSPS) is 14.6. The standard InChI is InChI=1S/C8H16O/c1-3-4-5-6-8(2)7-9/h5-6,8-9H,3-4,7H2,1-2H3/b6-5+. The second-order valence-corrected chi connectivity index (χ2v) is 2.38. The van der Waals surface area contributed by atoms with Crippen molar-refractivity contribution in [3.8, 4) is 0 Å². The highest BCUT2D eigenvalue weighted by Gasteiger charge is 1.89. The smallest absolute Gasteiger partial charge is 0.0491 e. The van der Waals surface area contributed by atoms with Crippen molar-refractivity contribution in [3.05, 3.63) is 12.2 Å². The predicted octanol–water partition coefficient (Wildman–Crippen LogP) is 1.97. The summed E-state index contributed by atoms with van der Waals surface area (Å²) in [6.45, 7) is 4.42. The van der Waals surface area contributed by atoms with Crippen LogP contribution in [0.2, 0.25) is 0 Å². The van der Waals surface area contributed by atoms with Gasteiger partial charge < -0.3 is 5.11 Å². The fourth-order valence-electron chi connectivity index (χ4n) is 0.556. The van der Waals surface area contributed by atoms with Gasteiger partial charge in [-0.15, -0.1) is 0 Å². The first-order chi connectivity index (χ1) is 4.31. The minimum Gasteiger partial charge on any atom is -0.396 e. The van der Waals surface area contributed by atoms with Gasteiger partial charge in [-0.05, 0) is 12.3 Å². The molecule has 0 saturated heterocycles. The summed E-state index contributed by atoms with van der Waals surface area (Å²) >= 11 is 0. The van der Waals surface area contributed by atoms with Gasteiger partial charge in [0.2, 0.25) is 0 Å². The Kier molecular flexibility index (Phi) is 5.64. The van der Waals surface area contributed by atoms with E-state index in [9.17, 15) is 0 Å². The van der Waals surface area contributed by atoms with E-state index in [0.29, 0.717) is 5.92 Å². The van der Waals surface area contributed by atoms with Crippen LogP contribution in [0.3, 0.4) is 0 Å². The van der Waals surface area contributed by atoms with Gasteiger partial charge in [0, 0.05) is 6.61 Å². The van der Waals surface area contributed by atoms with Crippen LogP contribution in [0.25, 0.3) is 0 Å². The molecule has 1 N–H and O–H groups in total. The third-order valence-electron chi connectivity index (χ3n) is 1.21. The number of allylic oxidation sites excluding steroid dienone is 1. The second-order valence-electron chi connectivity index (χ2n) is 2.38. The summed E-state index contributed by atoms with van der Waals surface area (Å²) in [5, 5.41) is 8.58. The van der Waals surface area contributed by atoms with Crippen molar-refractivity contribution < 1.29 is 5.11 Å². The average Bonchev–Trinajstić information content (AvgIpc) is 1.89. The van der Waals surface area contributed by atoms with Crippen LogP contribution >= 0.6 is 0 Å². The molecule has 0 aliphatic heterocycles. The fourth-order valence-corrected chi connectivity index (χ4v) is 0.556. The van der Waals surface area contributed by atoms with Crippen molar-refractivity contribution in [1.82, 2.24) is 0 Å². The number of unbranched alkanes of at least 4 members (excludes halogenated alkanes) is 1. The molecule has 1 unspecified atom stereocenters. The van der Waals surface area contributed by atoms with E-state index in [1.54, 1.807) is 0 Å². The quantitative estimate of drug-likeness (QED) is 0.574. The Balaban J connectivity index is 3.20. The zero-order valence-electron chi connectivity index (χ0n) is 6.30. The van der Waals surface area contributed by atoms with Gasteiger partial charge in [0.25, 0.3) is 0 Å². The van der Waals surface area contributed by atoms with E-state index < -0.39 is 0 Å². The summed E-state index contributed by atoms with van der Waals surface area (Å²) in [5.41, 5.74) is 0. The van der Waals surface area contributed by atoms with E-state index in [0.717, 1.165) is 6.42 Å². The van der Waals surface area contributed by atoms with E-state index in [1.165, 1.54) is 6.42 Å². The molecular formula is C8H16O. The van der Waals surface area contributed by atoms with Gasteiger partial charge in [-0.2, -0.15) is 0 Å². The van der Waals surface area contributed by atoms with Crippen LogP contribution in [-0.2, 0) is 0 Å². The minimum absolute atomic E-state index is 0.264. The molecule has 0 spiro atoms. The van der Waals surface area contributed by atoms with Crippen LogP contribution in [0.5, 0.6) is 0 Å². The van der Waals surface area contributed by atoms with Crippen LogP contribution in [0, 0.1) is 5.92 Å². The summed E-state index contributed by atoms with van der Waals surface area (Å²) in [6.07, 6.45) is 6.50. The van der Waals surface area contributed by atoms with Gasteiger partial charge in [0.15, 0.2) is 0 Å². The molecule has 0 aromatic carbocycles. The van der Waals surface area contributed by atoms with Crippen LogP contribution in [0.1, 0.15) is 26.7 Å². The number of aliphatic hydroxyl groups excluding tert-OH is 1. The molecule has 0 aliphatic rings. The third-order valence-corrected chi connectivity index (χ3v) is 1.21. The van der Waals surface area contributed by atoms with Gasteiger partial charge in [-0.1, -0.05) is 32.4 Å². The number of aliphatic hydroxyl groups is 1. The Hall–Kier alpha value is -0.300. The molecule has 0 bridgehead atoms. The van der Waals surface area contributed by atoms with Crippen LogP contribution in [0.4, 0.5) is 0 Å². The van der Waals surface area contributed by atoms with Gasteiger partial charge in [0.1, 0.15) is 0 Å². The highest BCUT2D eigenvalue weighted by Crippen LogP contribution is 1.97. The van der Waals surface area contributed by atoms with E-state index in [-0.39, 0.29) is 6.61 Å². The van der Waals surface area contributed by atoms with Crippen LogP contribution in [-0.4, -0.2) is 11.7 Å². The fraction of sp³-hybridized carbons (Fsp3) is 0.750. The Bertz CT molecular complexity index is 76.6. The Morgan fingerprint density at radius 1 is 1.56 bits per heavy atom. The summed E-state index contributed by atoms with van der Waals surface area (Å²) in [7, 11) is 0. The maximum Gasteiger partial charge on any atom is 0.0491 e. The molecule has 1 nitrogen and oxygen atoms in total. The third kappa shape index (κ3) is 5.57. The number of hydrogen-bond donors (Lipinski definition) is 1. The van der Waals surface area contributed by atoms with Gasteiger partial charge >= 0.3 is 0 Å². The molecule has 0 aromatic heterocycles. The maximum atomic E-state index is 8.58. The Morgan fingerprint density at radius 2 is 2.22 bits per heavy atom. The van der Waals surface area contributed by atoms with Crippen molar-refractivity contribution >= 4 is 0 Å². The highest BCUT2D eigenvalue weighted by molar-refractivity contribution is 4.85. The lowest BCUT2D eigenvalue weighted by molar-refractivity contribution is 0.262. The molecule has 1 heteroatoms. The average molecular weight is 128 g/mol. The molecule has 0 aliphatic carbocycles. The van der Waals surface area contributed by atoms with E-state index in [2.05, 4.69) is 19.1 Å². The molecule has 0 heterocycles. The lowest BCUT2D eigenvalue weighted by Gasteiger charge is -1.96. The van der Waals surface area contributed by atoms with Crippen molar-refractivity contribution in [1.29, 1.82) is 0 Å². The monoisotopic (exact) mass is 128 g/mol. The molecule has 1 atom stereocenters. The Morgan fingerprint density at radius 3 is 2.67 bits per heavy atom. The van der Waals surface area contributed by atoms with Crippen molar-refractivity contribution in [2.24, 2.45) is 5.92 Å². The largest absolute Gasteiger partial charge is 0.396 e. The Labute approximate surface area is 57.4 Å². The number of rotatable bonds is 4. The van der Waals surface area contributed by atoms with Crippen molar-refractivity contribution in [2.45, 2.75) is 26.7 Å². The number of hydrogen-bond acceptors (Lipinski definition) is 1. The van der Waals surface area contributed by atoms with Gasteiger partial charge in [-0.3, -0.25) is 0 Å². The topological polar surface area (TPSA) is 20.2 Å². The van der Waals surface area contributed by atoms with E-state index >= 15 is 0 Å². The molecule has 0 radical (unpaired) electrons. The van der Waals surface area contributed by atoms with E-state index in [4.69, 9.17) is 5.11 Å². The summed E-state index contributed by atoms with van der Waals surface area (Å²) < 4.78 is 0. The second kappa shape index (κ2) is 5.83. The first-order valence-corrected chi connectivity index (χ1v) is 3.58. The zero-order chi connectivity index (χ0) is 7.11. The molecule has 9 heavy (non-hydrogen) atoms. The molecule has 0 fully saturated rings. The molecule has 54 valence electrons. The highest BCUT2D eigenvalue weighted by atomic mass is 16.3. The maximum absolute atomic E-state index is 8.58. The van der Waals surface area contributed by atoms with E-state index in [1.807, 2.05) is 6.92 Å². The van der Waals surface area contributed by atoms with Crippen LogP contribution in [0.15, 0.2) is 12.2 Å². The van der Waals surface area contributed by atoms with Gasteiger partial charge in [-0.25, -0.2) is 0 Å². The van der Waals surface area contributed by atoms with Crippen molar-refractivity contribution in [3.63, 3.8) is 0 Å².